The van der Waals surface area contributed by atoms with E-state index in [0.29, 0.717) is 12.1 Å². The van der Waals surface area contributed by atoms with Crippen LogP contribution in [0.25, 0.3) is 11.1 Å². The van der Waals surface area contributed by atoms with Crippen molar-refractivity contribution in [3.8, 4) is 22.6 Å². The lowest BCUT2D eigenvalue weighted by atomic mass is 9.96. The smallest absolute Gasteiger partial charge is 0.483 e. The Morgan fingerprint density at radius 1 is 0.851 bits per heavy atom. The molecule has 18 heteroatoms. The number of anilines is 1. The van der Waals surface area contributed by atoms with E-state index >= 15 is 0 Å². The SMILES string of the molecule is O=C1Nc2ccc(-c3cc(C(F)(F)F)cc(C(F)(F)F)c3)cc2C(=O)N2CCN(C(=O)COc3ccc(OC(F)(F)F)cc3I)C[C@@H]12. The molecule has 3 aromatic rings. The van der Waals surface area contributed by atoms with Gasteiger partial charge in [0.25, 0.3) is 11.8 Å². The number of carbonyl (C=O) groups excluding carboxylic acids is 3. The standard InChI is InChI=1S/C29H19F9IN3O5/c30-27(31,32)16-7-15(8-17(10-16)28(33,34)35)14-1-3-21-19(9-14)26(45)42-6-5-41(12-22(42)25(44)40-21)24(43)13-46-23-4-2-18(11-20(23)39)47-29(36,37)38/h1-4,7-11,22H,5-6,12-13H2,(H,40,44)/t22-/m0/s1. The molecule has 3 aromatic carbocycles. The molecule has 5 rings (SSSR count). The van der Waals surface area contributed by atoms with Gasteiger partial charge in [0.1, 0.15) is 17.5 Å². The molecular formula is C29H19F9IN3O5. The third-order valence-corrected chi connectivity index (χ3v) is 8.06. The second-order valence-corrected chi connectivity index (χ2v) is 11.5. The summed E-state index contributed by atoms with van der Waals surface area (Å²) in [6.07, 6.45) is -15.1. The quantitative estimate of drug-likeness (QED) is 0.234. The maximum atomic E-state index is 13.6. The molecule has 2 aliphatic rings. The van der Waals surface area contributed by atoms with Gasteiger partial charge < -0.3 is 24.6 Å². The largest absolute Gasteiger partial charge is 0.573 e. The number of nitrogens with zero attached hydrogens (tertiary/aromatic N) is 2. The van der Waals surface area contributed by atoms with Crippen molar-refractivity contribution in [2.45, 2.75) is 24.8 Å². The van der Waals surface area contributed by atoms with Gasteiger partial charge in [0.15, 0.2) is 6.61 Å². The summed E-state index contributed by atoms with van der Waals surface area (Å²) in [4.78, 5) is 42.0. The lowest BCUT2D eigenvalue weighted by Crippen LogP contribution is -2.60. The Bertz CT molecular complexity index is 1710. The van der Waals surface area contributed by atoms with Crippen LogP contribution in [0, 0.1) is 3.57 Å². The van der Waals surface area contributed by atoms with Gasteiger partial charge in [-0.25, -0.2) is 0 Å². The summed E-state index contributed by atoms with van der Waals surface area (Å²) in [7, 11) is 0. The normalized spacial score (nSPS) is 17.0. The molecule has 1 saturated heterocycles. The van der Waals surface area contributed by atoms with E-state index in [0.717, 1.165) is 23.1 Å². The average Bonchev–Trinajstić information content (AvgIpc) is 3.07. The molecule has 1 N–H and O–H groups in total. The van der Waals surface area contributed by atoms with Crippen LogP contribution >= 0.6 is 22.6 Å². The van der Waals surface area contributed by atoms with Crippen LogP contribution < -0.4 is 14.8 Å². The van der Waals surface area contributed by atoms with Crippen molar-refractivity contribution in [3.63, 3.8) is 0 Å². The Labute approximate surface area is 272 Å². The third-order valence-electron chi connectivity index (χ3n) is 7.21. The van der Waals surface area contributed by atoms with E-state index in [4.69, 9.17) is 4.74 Å². The number of halogens is 10. The monoisotopic (exact) mass is 787 g/mol. The van der Waals surface area contributed by atoms with Gasteiger partial charge in [0.2, 0.25) is 5.91 Å². The van der Waals surface area contributed by atoms with Gasteiger partial charge in [-0.2, -0.15) is 26.3 Å². The van der Waals surface area contributed by atoms with Crippen molar-refractivity contribution in [1.29, 1.82) is 0 Å². The first-order valence-electron chi connectivity index (χ1n) is 13.3. The van der Waals surface area contributed by atoms with Crippen molar-refractivity contribution in [3.05, 3.63) is 74.9 Å². The molecule has 8 nitrogen and oxygen atoms in total. The Kier molecular flexibility index (Phi) is 9.01. The lowest BCUT2D eigenvalue weighted by molar-refractivity contribution is -0.274. The van der Waals surface area contributed by atoms with Gasteiger partial charge in [-0.15, -0.1) is 13.2 Å². The van der Waals surface area contributed by atoms with Gasteiger partial charge in [0, 0.05) is 13.1 Å². The first kappa shape index (κ1) is 34.1. The summed E-state index contributed by atoms with van der Waals surface area (Å²) >= 11 is 1.69. The Morgan fingerprint density at radius 2 is 1.51 bits per heavy atom. The molecule has 0 bridgehead atoms. The maximum absolute atomic E-state index is 13.6. The number of benzene rings is 3. The minimum Gasteiger partial charge on any atom is -0.483 e. The fraction of sp³-hybridized carbons (Fsp3) is 0.276. The number of amides is 3. The van der Waals surface area contributed by atoms with Crippen LogP contribution in [0.5, 0.6) is 11.5 Å². The molecule has 0 saturated carbocycles. The zero-order valence-corrected chi connectivity index (χ0v) is 25.5. The number of carbonyl (C=O) groups is 3. The van der Waals surface area contributed by atoms with Crippen molar-refractivity contribution in [2.24, 2.45) is 0 Å². The van der Waals surface area contributed by atoms with Gasteiger partial charge in [-0.3, -0.25) is 14.4 Å². The summed E-state index contributed by atoms with van der Waals surface area (Å²) in [5.74, 6) is -2.45. The lowest BCUT2D eigenvalue weighted by Gasteiger charge is -2.39. The van der Waals surface area contributed by atoms with E-state index < -0.39 is 71.5 Å². The first-order chi connectivity index (χ1) is 21.8. The van der Waals surface area contributed by atoms with Crippen LogP contribution in [-0.4, -0.2) is 66.2 Å². The molecule has 0 aromatic heterocycles. The number of ether oxygens (including phenoxy) is 2. The zero-order chi connectivity index (χ0) is 34.5. The highest BCUT2D eigenvalue weighted by Crippen LogP contribution is 2.40. The summed E-state index contributed by atoms with van der Waals surface area (Å²) in [5, 5.41) is 2.52. The molecule has 2 heterocycles. The topological polar surface area (TPSA) is 88.2 Å². The van der Waals surface area contributed by atoms with E-state index in [9.17, 15) is 53.9 Å². The Hall–Kier alpha value is -4.23. The fourth-order valence-corrected chi connectivity index (χ4v) is 5.65. The second kappa shape index (κ2) is 12.4. The predicted octanol–water partition coefficient (Wildman–Crippen LogP) is 6.58. The van der Waals surface area contributed by atoms with Gasteiger partial charge in [0.05, 0.1) is 32.5 Å². The van der Waals surface area contributed by atoms with E-state index in [1.54, 1.807) is 22.6 Å². The highest BCUT2D eigenvalue weighted by atomic mass is 127. The van der Waals surface area contributed by atoms with Crippen LogP contribution in [0.15, 0.2) is 54.6 Å². The first-order valence-corrected chi connectivity index (χ1v) is 14.4. The molecular weight excluding hydrogens is 768 g/mol. The molecule has 1 atom stereocenters. The van der Waals surface area contributed by atoms with E-state index in [-0.39, 0.29) is 51.8 Å². The molecule has 2 aliphatic heterocycles. The molecule has 250 valence electrons. The van der Waals surface area contributed by atoms with Crippen molar-refractivity contribution >= 4 is 46.0 Å². The second-order valence-electron chi connectivity index (χ2n) is 10.3. The summed E-state index contributed by atoms with van der Waals surface area (Å²) in [6, 6.07) is 6.52. The number of piperazine rings is 1. The minimum absolute atomic E-state index is 0.0151. The van der Waals surface area contributed by atoms with Gasteiger partial charge >= 0.3 is 18.7 Å². The Balaban J connectivity index is 1.32. The highest BCUT2D eigenvalue weighted by molar-refractivity contribution is 14.1. The molecule has 0 radical (unpaired) electrons. The van der Waals surface area contributed by atoms with Gasteiger partial charge in [-0.05, 0) is 82.2 Å². The number of hydrogen-bond donors (Lipinski definition) is 1. The number of alkyl halides is 9. The van der Waals surface area contributed by atoms with Crippen molar-refractivity contribution in [2.75, 3.05) is 31.6 Å². The van der Waals surface area contributed by atoms with E-state index in [1.165, 1.54) is 23.1 Å². The van der Waals surface area contributed by atoms with Gasteiger partial charge in [-0.1, -0.05) is 6.07 Å². The molecule has 0 unspecified atom stereocenters. The molecule has 3 amide bonds. The van der Waals surface area contributed by atoms with Crippen LogP contribution in [-0.2, 0) is 21.9 Å². The minimum atomic E-state index is -5.09. The average molecular weight is 787 g/mol. The highest BCUT2D eigenvalue weighted by Gasteiger charge is 2.41. The molecule has 1 fully saturated rings. The van der Waals surface area contributed by atoms with Crippen LogP contribution in [0.3, 0.4) is 0 Å². The number of hydrogen-bond acceptors (Lipinski definition) is 5. The van der Waals surface area contributed by atoms with E-state index in [2.05, 4.69) is 10.1 Å². The summed E-state index contributed by atoms with van der Waals surface area (Å²) in [5.41, 5.74) is -3.88. The fourth-order valence-electron chi connectivity index (χ4n) is 5.01. The van der Waals surface area contributed by atoms with Crippen LogP contribution in [0.2, 0.25) is 0 Å². The molecule has 0 spiro atoms. The molecule has 0 aliphatic carbocycles. The predicted molar refractivity (Wildman–Crippen MR) is 153 cm³/mol. The zero-order valence-electron chi connectivity index (χ0n) is 23.3. The third kappa shape index (κ3) is 7.68. The van der Waals surface area contributed by atoms with E-state index in [1.807, 2.05) is 0 Å². The van der Waals surface area contributed by atoms with Crippen LogP contribution in [0.1, 0.15) is 21.5 Å². The number of rotatable bonds is 5. The molecule has 47 heavy (non-hydrogen) atoms. The van der Waals surface area contributed by atoms with Crippen molar-refractivity contribution in [1.82, 2.24) is 9.80 Å². The number of nitrogens with one attached hydrogen (secondary N) is 1. The Morgan fingerprint density at radius 3 is 2.11 bits per heavy atom. The summed E-state index contributed by atoms with van der Waals surface area (Å²) < 4.78 is 127. The maximum Gasteiger partial charge on any atom is 0.573 e. The number of fused-ring (bicyclic) bond motifs is 2. The van der Waals surface area contributed by atoms with Crippen molar-refractivity contribution < 1.29 is 63.4 Å². The van der Waals surface area contributed by atoms with Crippen LogP contribution in [0.4, 0.5) is 45.2 Å². The summed E-state index contributed by atoms with van der Waals surface area (Å²) in [6.45, 7) is -1.06.